The van der Waals surface area contributed by atoms with E-state index in [4.69, 9.17) is 4.98 Å². The molecule has 5 heteroatoms. The Bertz CT molecular complexity index is 559. The van der Waals surface area contributed by atoms with E-state index in [1.54, 1.807) is 11.3 Å². The summed E-state index contributed by atoms with van der Waals surface area (Å²) in [5, 5.41) is 8.07. The highest BCUT2D eigenvalue weighted by Crippen LogP contribution is 2.33. The van der Waals surface area contributed by atoms with Crippen LogP contribution in [0.25, 0.3) is 0 Å². The first kappa shape index (κ1) is 13.2. The molecule has 3 rings (SSSR count). The summed E-state index contributed by atoms with van der Waals surface area (Å²) in [6.07, 6.45) is 4.59. The lowest BCUT2D eigenvalue weighted by molar-refractivity contribution is 0.465. The number of nitrogens with zero attached hydrogens (tertiary/aromatic N) is 2. The summed E-state index contributed by atoms with van der Waals surface area (Å²) < 4.78 is 0. The predicted octanol–water partition coefficient (Wildman–Crippen LogP) is 3.49. The highest BCUT2D eigenvalue weighted by Gasteiger charge is 2.24. The molecule has 19 heavy (non-hydrogen) atoms. The van der Waals surface area contributed by atoms with Gasteiger partial charge < -0.3 is 5.32 Å². The van der Waals surface area contributed by atoms with Crippen LogP contribution >= 0.6 is 22.7 Å². The first-order valence-electron chi connectivity index (χ1n) is 6.89. The third kappa shape index (κ3) is 2.88. The third-order valence-electron chi connectivity index (χ3n) is 3.45. The second-order valence-corrected chi connectivity index (χ2v) is 7.18. The lowest BCUT2D eigenvalue weighted by Gasteiger charge is -2.21. The minimum atomic E-state index is 0.468. The van der Waals surface area contributed by atoms with Gasteiger partial charge >= 0.3 is 0 Å². The lowest BCUT2D eigenvalue weighted by atomic mass is 9.98. The summed E-state index contributed by atoms with van der Waals surface area (Å²) in [5.41, 5.74) is 2.47. The van der Waals surface area contributed by atoms with Crippen molar-refractivity contribution in [2.24, 2.45) is 0 Å². The molecule has 0 saturated carbocycles. The van der Waals surface area contributed by atoms with Crippen molar-refractivity contribution in [3.63, 3.8) is 0 Å². The second-order valence-electron chi connectivity index (χ2n) is 4.95. The van der Waals surface area contributed by atoms with Crippen molar-refractivity contribution < 1.29 is 0 Å². The molecule has 0 amide bonds. The van der Waals surface area contributed by atoms with E-state index in [2.05, 4.69) is 29.5 Å². The fourth-order valence-corrected chi connectivity index (χ4v) is 4.43. The van der Waals surface area contributed by atoms with Gasteiger partial charge in [-0.3, -0.25) is 0 Å². The maximum Gasteiger partial charge on any atom is 0.0991 e. The number of hydrogen-bond donors (Lipinski definition) is 1. The van der Waals surface area contributed by atoms with Crippen molar-refractivity contribution in [2.75, 3.05) is 6.54 Å². The summed E-state index contributed by atoms with van der Waals surface area (Å²) in [4.78, 5) is 10.9. The van der Waals surface area contributed by atoms with Gasteiger partial charge in [-0.1, -0.05) is 6.92 Å². The van der Waals surface area contributed by atoms with E-state index >= 15 is 0 Å². The maximum absolute atomic E-state index is 4.88. The van der Waals surface area contributed by atoms with Crippen LogP contribution in [-0.4, -0.2) is 16.5 Å². The van der Waals surface area contributed by atoms with Gasteiger partial charge in [0.1, 0.15) is 0 Å². The molecule has 0 saturated heterocycles. The van der Waals surface area contributed by atoms with Gasteiger partial charge in [-0.2, -0.15) is 0 Å². The minimum Gasteiger partial charge on any atom is -0.309 e. The third-order valence-corrected chi connectivity index (χ3v) is 5.40. The number of fused-ring (bicyclic) bond motifs is 1. The quantitative estimate of drug-likeness (QED) is 0.937. The van der Waals surface area contributed by atoms with E-state index in [1.807, 2.05) is 11.3 Å². The van der Waals surface area contributed by atoms with Crippen molar-refractivity contribution in [1.82, 2.24) is 15.3 Å². The van der Waals surface area contributed by atoms with Gasteiger partial charge in [-0.25, -0.2) is 9.97 Å². The number of hydrogen-bond acceptors (Lipinski definition) is 5. The highest BCUT2D eigenvalue weighted by molar-refractivity contribution is 7.11. The monoisotopic (exact) mass is 293 g/mol. The molecule has 0 spiro atoms. The van der Waals surface area contributed by atoms with Crippen molar-refractivity contribution >= 4 is 22.7 Å². The summed E-state index contributed by atoms with van der Waals surface area (Å²) in [6, 6.07) is 0.468. The average Bonchev–Trinajstić information content (AvgIpc) is 2.97. The summed E-state index contributed by atoms with van der Waals surface area (Å²) >= 11 is 3.60. The second kappa shape index (κ2) is 5.69. The Hall–Kier alpha value is -0.780. The van der Waals surface area contributed by atoms with Crippen LogP contribution in [0.5, 0.6) is 0 Å². The summed E-state index contributed by atoms with van der Waals surface area (Å²) in [6.45, 7) is 5.24. The highest BCUT2D eigenvalue weighted by atomic mass is 32.1. The number of aromatic nitrogens is 2. The molecular formula is C14H19N3S2. The molecule has 2 heterocycles. The Morgan fingerprint density at radius 3 is 3.05 bits per heavy atom. The van der Waals surface area contributed by atoms with Crippen LogP contribution in [0.2, 0.25) is 0 Å². The molecule has 1 aliphatic rings. The zero-order valence-electron chi connectivity index (χ0n) is 11.4. The van der Waals surface area contributed by atoms with Gasteiger partial charge in [-0.15, -0.1) is 22.7 Å². The molecule has 1 aliphatic carbocycles. The Balaban J connectivity index is 1.81. The number of nitrogens with one attached hydrogen (secondary N) is 1. The average molecular weight is 293 g/mol. The fourth-order valence-electron chi connectivity index (χ4n) is 2.63. The van der Waals surface area contributed by atoms with E-state index in [0.717, 1.165) is 23.7 Å². The van der Waals surface area contributed by atoms with Gasteiger partial charge in [0.2, 0.25) is 0 Å². The molecule has 0 aliphatic heterocycles. The van der Waals surface area contributed by atoms with Gasteiger partial charge in [0, 0.05) is 16.7 Å². The molecule has 0 radical (unpaired) electrons. The largest absolute Gasteiger partial charge is 0.309 e. The van der Waals surface area contributed by atoms with E-state index in [9.17, 15) is 0 Å². The molecule has 3 nitrogen and oxygen atoms in total. The predicted molar refractivity (Wildman–Crippen MR) is 81.1 cm³/mol. The standard InChI is InChI=1S/C14H19N3S2/c1-3-15-11-5-4-6-12-14(11)17-13(19-12)7-10-8-18-9(2)16-10/h8,11,15H,3-7H2,1-2H3. The van der Waals surface area contributed by atoms with Crippen LogP contribution < -0.4 is 5.32 Å². The van der Waals surface area contributed by atoms with Gasteiger partial charge in [0.25, 0.3) is 0 Å². The van der Waals surface area contributed by atoms with Crippen molar-refractivity contribution in [3.8, 4) is 0 Å². The first-order valence-corrected chi connectivity index (χ1v) is 8.58. The molecule has 0 bridgehead atoms. The summed E-state index contributed by atoms with van der Waals surface area (Å²) in [5.74, 6) is 0. The van der Waals surface area contributed by atoms with Gasteiger partial charge in [-0.05, 0) is 32.7 Å². The molecule has 2 aromatic heterocycles. The first-order chi connectivity index (χ1) is 9.26. The molecule has 0 fully saturated rings. The molecule has 102 valence electrons. The van der Waals surface area contributed by atoms with Crippen molar-refractivity contribution in [1.29, 1.82) is 0 Å². The maximum atomic E-state index is 4.88. The smallest absolute Gasteiger partial charge is 0.0991 e. The van der Waals surface area contributed by atoms with Gasteiger partial charge in [0.05, 0.1) is 27.4 Å². The van der Waals surface area contributed by atoms with Crippen LogP contribution in [0.15, 0.2) is 5.38 Å². The molecule has 0 aromatic carbocycles. The van der Waals surface area contributed by atoms with E-state index in [1.165, 1.54) is 34.8 Å². The lowest BCUT2D eigenvalue weighted by Crippen LogP contribution is -2.24. The zero-order chi connectivity index (χ0) is 13.2. The molecule has 1 atom stereocenters. The Morgan fingerprint density at radius 1 is 1.42 bits per heavy atom. The number of thiazole rings is 2. The van der Waals surface area contributed by atoms with Crippen molar-refractivity contribution in [2.45, 2.75) is 45.6 Å². The Labute approximate surface area is 122 Å². The Morgan fingerprint density at radius 2 is 2.32 bits per heavy atom. The van der Waals surface area contributed by atoms with Crippen LogP contribution in [-0.2, 0) is 12.8 Å². The minimum absolute atomic E-state index is 0.468. The summed E-state index contributed by atoms with van der Waals surface area (Å²) in [7, 11) is 0. The van der Waals surface area contributed by atoms with E-state index in [-0.39, 0.29) is 0 Å². The number of rotatable bonds is 4. The normalized spacial score (nSPS) is 18.5. The van der Waals surface area contributed by atoms with Crippen LogP contribution in [0, 0.1) is 6.92 Å². The van der Waals surface area contributed by atoms with Crippen LogP contribution in [0.4, 0.5) is 0 Å². The SMILES string of the molecule is CCNC1CCCc2sc(Cc3csc(C)n3)nc21. The van der Waals surface area contributed by atoms with E-state index < -0.39 is 0 Å². The molecule has 2 aromatic rings. The Kier molecular flexibility index (Phi) is 3.96. The fraction of sp³-hybridized carbons (Fsp3) is 0.571. The van der Waals surface area contributed by atoms with Crippen molar-refractivity contribution in [3.05, 3.63) is 31.7 Å². The molecule has 1 N–H and O–H groups in total. The van der Waals surface area contributed by atoms with Crippen LogP contribution in [0.3, 0.4) is 0 Å². The van der Waals surface area contributed by atoms with E-state index in [0.29, 0.717) is 6.04 Å². The van der Waals surface area contributed by atoms with Crippen LogP contribution in [0.1, 0.15) is 52.1 Å². The zero-order valence-corrected chi connectivity index (χ0v) is 13.0. The van der Waals surface area contributed by atoms with Gasteiger partial charge in [0.15, 0.2) is 0 Å². The molecular weight excluding hydrogens is 274 g/mol. The molecule has 1 unspecified atom stereocenters. The number of aryl methyl sites for hydroxylation is 2. The topological polar surface area (TPSA) is 37.8 Å².